The van der Waals surface area contributed by atoms with Crippen LogP contribution in [0.15, 0.2) is 140 Å². The molecule has 2 aliphatic rings. The fraction of sp³-hybridized carbons (Fsp3) is 0.125. The third kappa shape index (κ3) is 3.73. The first-order chi connectivity index (χ1) is 24.8. The molecule has 242 valence electrons. The zero-order valence-electron chi connectivity index (χ0n) is 29.1. The molecule has 0 aliphatic heterocycles. The van der Waals surface area contributed by atoms with Gasteiger partial charge in [-0.2, -0.15) is 0 Å². The molecule has 2 aliphatic carbocycles. The summed E-state index contributed by atoms with van der Waals surface area (Å²) in [6.45, 7) is 9.43. The van der Waals surface area contributed by atoms with Crippen molar-refractivity contribution in [2.75, 3.05) is 0 Å². The van der Waals surface area contributed by atoms with E-state index in [9.17, 15) is 0 Å². The zero-order valence-corrected chi connectivity index (χ0v) is 29.1. The quantitative estimate of drug-likeness (QED) is 0.186. The van der Waals surface area contributed by atoms with Crippen LogP contribution in [0.4, 0.5) is 0 Å². The predicted octanol–water partition coefficient (Wildman–Crippen LogP) is 12.2. The van der Waals surface area contributed by atoms with Crippen LogP contribution in [-0.4, -0.2) is 14.5 Å². The number of aromatic nitrogens is 3. The standard InChI is InChI=1S/C48H35N3/c1-47(2)38-18-10-7-15-31(38)32-23-22-29(25-39(32)47)45-35-17-8-11-19-41(35)49-46(50-45)51-42-20-12-9-16-33(42)37-26-36-34-24-21-28-13-5-6-14-30(28)44(34)48(3,4)40(36)27-43(37)51/h5-27H,1-4H3. The molecule has 11 rings (SSSR count). The molecule has 0 saturated heterocycles. The smallest absolute Gasteiger partial charge is 0.235 e. The van der Waals surface area contributed by atoms with Gasteiger partial charge >= 0.3 is 0 Å². The van der Waals surface area contributed by atoms with Gasteiger partial charge in [0.2, 0.25) is 5.95 Å². The first kappa shape index (κ1) is 28.7. The number of hydrogen-bond donors (Lipinski definition) is 0. The molecule has 7 aromatic carbocycles. The number of fused-ring (bicyclic) bond motifs is 12. The molecule has 0 saturated carbocycles. The third-order valence-corrected chi connectivity index (χ3v) is 12.0. The maximum atomic E-state index is 5.50. The summed E-state index contributed by atoms with van der Waals surface area (Å²) in [6, 6.07) is 51.1. The minimum absolute atomic E-state index is 0.101. The zero-order chi connectivity index (χ0) is 34.2. The molecule has 0 spiro atoms. The van der Waals surface area contributed by atoms with Crippen LogP contribution < -0.4 is 0 Å². The summed E-state index contributed by atoms with van der Waals surface area (Å²) in [7, 11) is 0. The highest BCUT2D eigenvalue weighted by Crippen LogP contribution is 2.54. The lowest BCUT2D eigenvalue weighted by Crippen LogP contribution is -2.15. The lowest BCUT2D eigenvalue weighted by molar-refractivity contribution is 0.660. The lowest BCUT2D eigenvalue weighted by atomic mass is 9.80. The van der Waals surface area contributed by atoms with Gasteiger partial charge in [0.05, 0.1) is 22.2 Å². The average molecular weight is 654 g/mol. The van der Waals surface area contributed by atoms with Gasteiger partial charge in [0.25, 0.3) is 0 Å². The van der Waals surface area contributed by atoms with Crippen LogP contribution in [0, 0.1) is 0 Å². The molecule has 0 atom stereocenters. The number of para-hydroxylation sites is 2. The number of benzene rings is 7. The predicted molar refractivity (Wildman–Crippen MR) is 212 cm³/mol. The van der Waals surface area contributed by atoms with Gasteiger partial charge in [0.15, 0.2) is 0 Å². The summed E-state index contributed by atoms with van der Waals surface area (Å²) in [4.78, 5) is 10.8. The summed E-state index contributed by atoms with van der Waals surface area (Å²) in [5.74, 6) is 0.691. The molecule has 0 bridgehead atoms. The Kier molecular flexibility index (Phi) is 5.52. The first-order valence-corrected chi connectivity index (χ1v) is 17.9. The van der Waals surface area contributed by atoms with Crippen molar-refractivity contribution in [1.29, 1.82) is 0 Å². The highest BCUT2D eigenvalue weighted by Gasteiger charge is 2.38. The van der Waals surface area contributed by atoms with E-state index in [0.29, 0.717) is 5.95 Å². The molecule has 3 heteroatoms. The Morgan fingerprint density at radius 1 is 0.451 bits per heavy atom. The fourth-order valence-corrected chi connectivity index (χ4v) is 9.51. The normalized spacial score (nSPS) is 15.0. The minimum atomic E-state index is -0.175. The molecule has 2 aromatic heterocycles. The van der Waals surface area contributed by atoms with E-state index in [2.05, 4.69) is 172 Å². The van der Waals surface area contributed by atoms with Crippen molar-refractivity contribution in [2.24, 2.45) is 0 Å². The van der Waals surface area contributed by atoms with Crippen molar-refractivity contribution in [2.45, 2.75) is 38.5 Å². The average Bonchev–Trinajstić information content (AvgIpc) is 3.70. The molecule has 0 N–H and O–H groups in total. The highest BCUT2D eigenvalue weighted by molar-refractivity contribution is 6.12. The van der Waals surface area contributed by atoms with Crippen molar-refractivity contribution >= 4 is 43.5 Å². The molecule has 0 amide bonds. The second kappa shape index (κ2) is 9.80. The van der Waals surface area contributed by atoms with Crippen molar-refractivity contribution in [1.82, 2.24) is 14.5 Å². The van der Waals surface area contributed by atoms with E-state index in [1.807, 2.05) is 0 Å². The van der Waals surface area contributed by atoms with E-state index in [0.717, 1.165) is 33.2 Å². The summed E-state index contributed by atoms with van der Waals surface area (Å²) in [5, 5.41) is 6.10. The lowest BCUT2D eigenvalue weighted by Gasteiger charge is -2.23. The fourth-order valence-electron chi connectivity index (χ4n) is 9.51. The Bertz CT molecular complexity index is 2980. The van der Waals surface area contributed by atoms with E-state index in [1.54, 1.807) is 0 Å². The molecule has 0 unspecified atom stereocenters. The van der Waals surface area contributed by atoms with Gasteiger partial charge < -0.3 is 0 Å². The van der Waals surface area contributed by atoms with Gasteiger partial charge in [-0.15, -0.1) is 0 Å². The molecular weight excluding hydrogens is 619 g/mol. The summed E-state index contributed by atoms with van der Waals surface area (Å²) in [5.41, 5.74) is 15.7. The monoisotopic (exact) mass is 653 g/mol. The molecule has 0 fully saturated rings. The van der Waals surface area contributed by atoms with Crippen LogP contribution in [0.1, 0.15) is 49.9 Å². The molecule has 2 heterocycles. The van der Waals surface area contributed by atoms with Crippen molar-refractivity contribution in [3.63, 3.8) is 0 Å². The van der Waals surface area contributed by atoms with Gasteiger partial charge in [-0.25, -0.2) is 9.97 Å². The Balaban J connectivity index is 1.17. The van der Waals surface area contributed by atoms with Gasteiger partial charge in [-0.05, 0) is 85.6 Å². The SMILES string of the molecule is CC1(C)c2ccccc2-c2ccc(-c3nc(-n4c5ccccc5c5cc6c(cc54)C(C)(C)c4c-6ccc5ccccc45)nc4ccccc34)cc21. The van der Waals surface area contributed by atoms with Crippen molar-refractivity contribution in [3.8, 4) is 39.5 Å². The Labute approximate surface area is 296 Å². The van der Waals surface area contributed by atoms with E-state index in [4.69, 9.17) is 9.97 Å². The molecule has 0 radical (unpaired) electrons. The molecular formula is C48H35N3. The molecule has 51 heavy (non-hydrogen) atoms. The first-order valence-electron chi connectivity index (χ1n) is 17.9. The Morgan fingerprint density at radius 3 is 2.02 bits per heavy atom. The van der Waals surface area contributed by atoms with Crippen molar-refractivity contribution < 1.29 is 0 Å². The maximum absolute atomic E-state index is 5.50. The summed E-state index contributed by atoms with van der Waals surface area (Å²) in [6.07, 6.45) is 0. The summed E-state index contributed by atoms with van der Waals surface area (Å²) >= 11 is 0. The molecule has 3 nitrogen and oxygen atoms in total. The van der Waals surface area contributed by atoms with Crippen LogP contribution in [0.2, 0.25) is 0 Å². The van der Waals surface area contributed by atoms with Crippen LogP contribution in [-0.2, 0) is 10.8 Å². The number of nitrogens with zero attached hydrogens (tertiary/aromatic N) is 3. The van der Waals surface area contributed by atoms with E-state index in [-0.39, 0.29) is 10.8 Å². The Hall–Kier alpha value is -6.06. The highest BCUT2D eigenvalue weighted by atomic mass is 15.2. The van der Waals surface area contributed by atoms with Crippen LogP contribution in [0.3, 0.4) is 0 Å². The van der Waals surface area contributed by atoms with E-state index in [1.165, 1.54) is 66.1 Å². The second-order valence-electron chi connectivity index (χ2n) is 15.4. The number of rotatable bonds is 2. The largest absolute Gasteiger partial charge is 0.278 e. The minimum Gasteiger partial charge on any atom is -0.278 e. The van der Waals surface area contributed by atoms with E-state index < -0.39 is 0 Å². The van der Waals surface area contributed by atoms with Gasteiger partial charge in [-0.3, -0.25) is 4.57 Å². The van der Waals surface area contributed by atoms with Crippen LogP contribution in [0.25, 0.3) is 82.9 Å². The van der Waals surface area contributed by atoms with Gasteiger partial charge in [-0.1, -0.05) is 137 Å². The summed E-state index contributed by atoms with van der Waals surface area (Å²) < 4.78 is 2.30. The topological polar surface area (TPSA) is 30.7 Å². The Morgan fingerprint density at radius 2 is 1.14 bits per heavy atom. The van der Waals surface area contributed by atoms with Crippen molar-refractivity contribution in [3.05, 3.63) is 162 Å². The van der Waals surface area contributed by atoms with E-state index >= 15 is 0 Å². The number of hydrogen-bond acceptors (Lipinski definition) is 2. The van der Waals surface area contributed by atoms with Crippen LogP contribution >= 0.6 is 0 Å². The maximum Gasteiger partial charge on any atom is 0.235 e. The van der Waals surface area contributed by atoms with Gasteiger partial charge in [0, 0.05) is 32.6 Å². The third-order valence-electron chi connectivity index (χ3n) is 12.0. The van der Waals surface area contributed by atoms with Crippen LogP contribution in [0.5, 0.6) is 0 Å². The second-order valence-corrected chi connectivity index (χ2v) is 15.4. The molecule has 9 aromatic rings. The van der Waals surface area contributed by atoms with Gasteiger partial charge in [0.1, 0.15) is 0 Å².